The minimum absolute atomic E-state index is 0.0628. The molecule has 2 rings (SSSR count). The molecule has 2 aliphatic rings. The molecule has 0 aromatic carbocycles. The summed E-state index contributed by atoms with van der Waals surface area (Å²) in [4.78, 5) is 11.3. The molecule has 0 radical (unpaired) electrons. The summed E-state index contributed by atoms with van der Waals surface area (Å²) >= 11 is 0. The lowest BCUT2D eigenvalue weighted by Gasteiger charge is -2.20. The zero-order valence-electron chi connectivity index (χ0n) is 8.29. The van der Waals surface area contributed by atoms with Gasteiger partial charge in [0.1, 0.15) is 5.60 Å². The van der Waals surface area contributed by atoms with Crippen LogP contribution in [0, 0.1) is 5.92 Å². The van der Waals surface area contributed by atoms with E-state index in [0.29, 0.717) is 38.5 Å². The van der Waals surface area contributed by atoms with Crippen molar-refractivity contribution in [2.24, 2.45) is 5.92 Å². The van der Waals surface area contributed by atoms with Gasteiger partial charge in [0.05, 0.1) is 6.61 Å². The monoisotopic (exact) mass is 199 g/mol. The average molecular weight is 199 g/mol. The number of rotatable bonds is 4. The van der Waals surface area contributed by atoms with Gasteiger partial charge in [-0.05, 0) is 18.8 Å². The van der Waals surface area contributed by atoms with Crippen LogP contribution in [0.1, 0.15) is 25.7 Å². The maximum absolute atomic E-state index is 11.3. The Morgan fingerprint density at radius 1 is 1.57 bits per heavy atom. The van der Waals surface area contributed by atoms with Gasteiger partial charge in [-0.15, -0.1) is 0 Å². The van der Waals surface area contributed by atoms with Crippen molar-refractivity contribution in [3.63, 3.8) is 0 Å². The van der Waals surface area contributed by atoms with Crippen LogP contribution in [0.4, 0.5) is 0 Å². The van der Waals surface area contributed by atoms with Crippen LogP contribution in [-0.4, -0.2) is 36.4 Å². The predicted molar refractivity (Wildman–Crippen MR) is 50.7 cm³/mol. The summed E-state index contributed by atoms with van der Waals surface area (Å²) in [7, 11) is 0. The van der Waals surface area contributed by atoms with Crippen LogP contribution in [0.15, 0.2) is 0 Å². The number of hydrogen-bond donors (Lipinski definition) is 2. The molecule has 1 unspecified atom stereocenters. The molecular weight excluding hydrogens is 182 g/mol. The molecule has 80 valence electrons. The Hall–Kier alpha value is -0.610. The molecular formula is C10H17NO3. The molecule has 14 heavy (non-hydrogen) atoms. The average Bonchev–Trinajstić information content (AvgIpc) is 2.85. The summed E-state index contributed by atoms with van der Waals surface area (Å²) in [5, 5.41) is 12.6. The molecule has 4 nitrogen and oxygen atoms in total. The highest BCUT2D eigenvalue weighted by atomic mass is 16.5. The van der Waals surface area contributed by atoms with Gasteiger partial charge in [0.2, 0.25) is 5.91 Å². The maximum atomic E-state index is 11.3. The molecule has 1 atom stereocenters. The van der Waals surface area contributed by atoms with Gasteiger partial charge < -0.3 is 15.2 Å². The molecule has 0 aromatic rings. The zero-order chi connectivity index (χ0) is 10.0. The van der Waals surface area contributed by atoms with E-state index in [9.17, 15) is 9.90 Å². The van der Waals surface area contributed by atoms with Crippen molar-refractivity contribution in [1.82, 2.24) is 5.32 Å². The Morgan fingerprint density at radius 2 is 2.36 bits per heavy atom. The zero-order valence-corrected chi connectivity index (χ0v) is 8.29. The largest absolute Gasteiger partial charge is 0.386 e. The van der Waals surface area contributed by atoms with Gasteiger partial charge in [0.25, 0.3) is 0 Å². The van der Waals surface area contributed by atoms with E-state index < -0.39 is 5.60 Å². The Bertz CT molecular complexity index is 219. The standard InChI is InChI=1S/C10H17NO3/c12-9(5-8-1-2-8)11-6-10(13)3-4-14-7-10/h8,13H,1-7H2,(H,11,12). The number of hydrogen-bond acceptors (Lipinski definition) is 3. The van der Waals surface area contributed by atoms with Gasteiger partial charge in [0, 0.05) is 26.0 Å². The summed E-state index contributed by atoms with van der Waals surface area (Å²) in [5.41, 5.74) is -0.820. The minimum Gasteiger partial charge on any atom is -0.386 e. The highest BCUT2D eigenvalue weighted by Crippen LogP contribution is 2.32. The first kappa shape index (κ1) is 9.93. The second kappa shape index (κ2) is 3.87. The fraction of sp³-hybridized carbons (Fsp3) is 0.900. The number of nitrogens with one attached hydrogen (secondary N) is 1. The first-order valence-electron chi connectivity index (χ1n) is 5.25. The van der Waals surface area contributed by atoms with Gasteiger partial charge in [-0.1, -0.05) is 0 Å². The quantitative estimate of drug-likeness (QED) is 0.673. The lowest BCUT2D eigenvalue weighted by molar-refractivity contribution is -0.122. The first-order chi connectivity index (χ1) is 6.68. The van der Waals surface area contributed by atoms with E-state index in [1.165, 1.54) is 12.8 Å². The van der Waals surface area contributed by atoms with E-state index in [1.54, 1.807) is 0 Å². The van der Waals surface area contributed by atoms with Crippen LogP contribution in [0.2, 0.25) is 0 Å². The van der Waals surface area contributed by atoms with Crippen molar-refractivity contribution < 1.29 is 14.6 Å². The Kier molecular flexibility index (Phi) is 2.74. The summed E-state index contributed by atoms with van der Waals surface area (Å²) in [6.07, 6.45) is 3.61. The highest BCUT2D eigenvalue weighted by molar-refractivity contribution is 5.76. The summed E-state index contributed by atoms with van der Waals surface area (Å²) < 4.78 is 5.08. The van der Waals surface area contributed by atoms with Gasteiger partial charge in [-0.3, -0.25) is 4.79 Å². The molecule has 2 N–H and O–H groups in total. The number of aliphatic hydroxyl groups is 1. The number of carbonyl (C=O) groups is 1. The van der Waals surface area contributed by atoms with E-state index in [-0.39, 0.29) is 5.91 Å². The number of amides is 1. The summed E-state index contributed by atoms with van der Waals surface area (Å²) in [6.45, 7) is 1.27. The van der Waals surface area contributed by atoms with E-state index in [0.717, 1.165) is 0 Å². The first-order valence-corrected chi connectivity index (χ1v) is 5.25. The van der Waals surface area contributed by atoms with Crippen molar-refractivity contribution in [2.75, 3.05) is 19.8 Å². The van der Waals surface area contributed by atoms with Crippen molar-refractivity contribution in [2.45, 2.75) is 31.3 Å². The number of ether oxygens (including phenoxy) is 1. The summed E-state index contributed by atoms with van der Waals surface area (Å²) in [5.74, 6) is 0.664. The Balaban J connectivity index is 1.67. The Morgan fingerprint density at radius 3 is 2.93 bits per heavy atom. The van der Waals surface area contributed by atoms with E-state index in [4.69, 9.17) is 4.74 Å². The molecule has 1 saturated heterocycles. The molecule has 1 heterocycles. The van der Waals surface area contributed by atoms with Crippen molar-refractivity contribution >= 4 is 5.91 Å². The predicted octanol–water partition coefficient (Wildman–Crippen LogP) is 0.0541. The maximum Gasteiger partial charge on any atom is 0.220 e. The SMILES string of the molecule is O=C(CC1CC1)NCC1(O)CCOC1. The molecule has 0 aromatic heterocycles. The molecule has 4 heteroatoms. The van der Waals surface area contributed by atoms with Crippen LogP contribution in [0.5, 0.6) is 0 Å². The Labute approximate surface area is 83.6 Å². The number of carbonyl (C=O) groups excluding carboxylic acids is 1. The van der Waals surface area contributed by atoms with Crippen molar-refractivity contribution in [3.05, 3.63) is 0 Å². The van der Waals surface area contributed by atoms with Crippen LogP contribution < -0.4 is 5.32 Å². The lowest BCUT2D eigenvalue weighted by Crippen LogP contribution is -2.43. The van der Waals surface area contributed by atoms with Gasteiger partial charge in [-0.2, -0.15) is 0 Å². The molecule has 1 aliphatic carbocycles. The third-order valence-corrected chi connectivity index (χ3v) is 2.87. The molecule has 1 amide bonds. The van der Waals surface area contributed by atoms with Crippen molar-refractivity contribution in [3.8, 4) is 0 Å². The van der Waals surface area contributed by atoms with E-state index in [1.807, 2.05) is 0 Å². The van der Waals surface area contributed by atoms with Gasteiger partial charge >= 0.3 is 0 Å². The normalized spacial score (nSPS) is 31.8. The molecule has 2 fully saturated rings. The van der Waals surface area contributed by atoms with Crippen LogP contribution in [-0.2, 0) is 9.53 Å². The van der Waals surface area contributed by atoms with E-state index in [2.05, 4.69) is 5.32 Å². The molecule has 1 saturated carbocycles. The van der Waals surface area contributed by atoms with Crippen molar-refractivity contribution in [1.29, 1.82) is 0 Å². The third-order valence-electron chi connectivity index (χ3n) is 2.87. The fourth-order valence-electron chi connectivity index (χ4n) is 1.66. The lowest BCUT2D eigenvalue weighted by atomic mass is 10.0. The molecule has 1 aliphatic heterocycles. The van der Waals surface area contributed by atoms with Gasteiger partial charge in [-0.25, -0.2) is 0 Å². The molecule has 0 spiro atoms. The second-order valence-corrected chi connectivity index (χ2v) is 4.45. The smallest absolute Gasteiger partial charge is 0.220 e. The van der Waals surface area contributed by atoms with Gasteiger partial charge in [0.15, 0.2) is 0 Å². The summed E-state index contributed by atoms with van der Waals surface area (Å²) in [6, 6.07) is 0. The third kappa shape index (κ3) is 2.69. The minimum atomic E-state index is -0.820. The van der Waals surface area contributed by atoms with Crippen LogP contribution in [0.3, 0.4) is 0 Å². The van der Waals surface area contributed by atoms with Crippen LogP contribution in [0.25, 0.3) is 0 Å². The van der Waals surface area contributed by atoms with E-state index >= 15 is 0 Å². The van der Waals surface area contributed by atoms with Crippen LogP contribution >= 0.6 is 0 Å². The fourth-order valence-corrected chi connectivity index (χ4v) is 1.66. The topological polar surface area (TPSA) is 58.6 Å². The highest BCUT2D eigenvalue weighted by Gasteiger charge is 2.33. The molecule has 0 bridgehead atoms. The second-order valence-electron chi connectivity index (χ2n) is 4.45.